The number of hydrogen-bond donors (Lipinski definition) is 0. The van der Waals surface area contributed by atoms with Gasteiger partial charge in [-0.1, -0.05) is 32.3 Å². The zero-order chi connectivity index (χ0) is 17.3. The van der Waals surface area contributed by atoms with Gasteiger partial charge in [-0.2, -0.15) is 0 Å². The van der Waals surface area contributed by atoms with Crippen molar-refractivity contribution < 1.29 is 14.1 Å². The van der Waals surface area contributed by atoms with E-state index < -0.39 is 0 Å². The Balaban J connectivity index is 1.78. The maximum atomic E-state index is 13.1. The van der Waals surface area contributed by atoms with Gasteiger partial charge in [-0.05, 0) is 12.8 Å². The molecule has 134 valence electrons. The van der Waals surface area contributed by atoms with Crippen molar-refractivity contribution in [1.82, 2.24) is 15.0 Å². The van der Waals surface area contributed by atoms with E-state index in [2.05, 4.69) is 17.0 Å². The fraction of sp³-hybridized carbons (Fsp3) is 0.778. The topological polar surface area (TPSA) is 58.8 Å². The first-order valence-electron chi connectivity index (χ1n) is 9.10. The molecule has 0 spiro atoms. The molecule has 2 fully saturated rings. The molecule has 0 radical (unpaired) electrons. The van der Waals surface area contributed by atoms with Crippen molar-refractivity contribution in [3.8, 4) is 0 Å². The largest absolute Gasteiger partial charge is 0.379 e. The third-order valence-electron chi connectivity index (χ3n) is 5.36. The molecular formula is C18H29N3O3. The summed E-state index contributed by atoms with van der Waals surface area (Å²) < 4.78 is 10.9. The van der Waals surface area contributed by atoms with Crippen LogP contribution in [0.3, 0.4) is 0 Å². The highest BCUT2D eigenvalue weighted by atomic mass is 16.5. The van der Waals surface area contributed by atoms with Crippen LogP contribution in [-0.2, 0) is 4.74 Å². The normalized spacial score (nSPS) is 25.6. The van der Waals surface area contributed by atoms with E-state index >= 15 is 0 Å². The van der Waals surface area contributed by atoms with Crippen LogP contribution >= 0.6 is 0 Å². The molecule has 0 unspecified atom stereocenters. The number of likely N-dealkylation sites (tertiary alicyclic amines) is 1. The lowest BCUT2D eigenvalue weighted by atomic mass is 9.99. The van der Waals surface area contributed by atoms with Gasteiger partial charge in [0.15, 0.2) is 5.76 Å². The number of ether oxygens (including phenoxy) is 1. The fourth-order valence-corrected chi connectivity index (χ4v) is 3.94. The lowest BCUT2D eigenvalue weighted by Crippen LogP contribution is -2.47. The van der Waals surface area contributed by atoms with Crippen LogP contribution in [0.5, 0.6) is 0 Å². The van der Waals surface area contributed by atoms with Gasteiger partial charge in [0.1, 0.15) is 5.56 Å². The van der Waals surface area contributed by atoms with E-state index in [9.17, 15) is 4.79 Å². The van der Waals surface area contributed by atoms with Gasteiger partial charge >= 0.3 is 0 Å². The third kappa shape index (κ3) is 3.22. The van der Waals surface area contributed by atoms with Crippen LogP contribution in [0.25, 0.3) is 0 Å². The predicted octanol–water partition coefficient (Wildman–Crippen LogP) is 2.29. The molecule has 1 amide bonds. The second-order valence-corrected chi connectivity index (χ2v) is 7.26. The third-order valence-corrected chi connectivity index (χ3v) is 5.36. The summed E-state index contributed by atoms with van der Waals surface area (Å²) in [4.78, 5) is 17.6. The number of morpholine rings is 1. The first-order chi connectivity index (χ1) is 11.5. The van der Waals surface area contributed by atoms with Crippen LogP contribution in [-0.4, -0.2) is 66.3 Å². The second-order valence-electron chi connectivity index (χ2n) is 7.26. The number of aryl methyl sites for hydroxylation is 1. The standard InChI is InChI=1S/C18H29N3O3/c1-5-14-10-21(11-15(14)20-6-8-23-9-7-20)18(22)16-13(4)19-24-17(16)12(2)3/h12,14-15H,5-11H2,1-4H3/t14-,15+/m0/s1. The highest BCUT2D eigenvalue weighted by Gasteiger charge is 2.39. The van der Waals surface area contributed by atoms with Crippen LogP contribution in [0.2, 0.25) is 0 Å². The lowest BCUT2D eigenvalue weighted by molar-refractivity contribution is 0.0103. The summed E-state index contributed by atoms with van der Waals surface area (Å²) in [6, 6.07) is 0.436. The molecule has 3 heterocycles. The predicted molar refractivity (Wildman–Crippen MR) is 91.2 cm³/mol. The fourth-order valence-electron chi connectivity index (χ4n) is 3.94. The van der Waals surface area contributed by atoms with Gasteiger partial charge < -0.3 is 14.2 Å². The van der Waals surface area contributed by atoms with E-state index in [0.29, 0.717) is 29.0 Å². The van der Waals surface area contributed by atoms with Crippen molar-refractivity contribution in [1.29, 1.82) is 0 Å². The van der Waals surface area contributed by atoms with Crippen LogP contribution < -0.4 is 0 Å². The van der Waals surface area contributed by atoms with Gasteiger partial charge in [-0.25, -0.2) is 0 Å². The Hall–Kier alpha value is -1.40. The maximum Gasteiger partial charge on any atom is 0.259 e. The van der Waals surface area contributed by atoms with Crippen LogP contribution in [0.4, 0.5) is 0 Å². The molecule has 3 rings (SSSR count). The Morgan fingerprint density at radius 3 is 2.62 bits per heavy atom. The first kappa shape index (κ1) is 17.4. The van der Waals surface area contributed by atoms with E-state index in [1.165, 1.54) is 0 Å². The Labute approximate surface area is 144 Å². The number of aromatic nitrogens is 1. The van der Waals surface area contributed by atoms with Gasteiger partial charge in [0.2, 0.25) is 0 Å². The number of carbonyl (C=O) groups excluding carboxylic acids is 1. The molecule has 2 aliphatic rings. The summed E-state index contributed by atoms with van der Waals surface area (Å²) in [6.07, 6.45) is 1.09. The van der Waals surface area contributed by atoms with Crippen LogP contribution in [0, 0.1) is 12.8 Å². The van der Waals surface area contributed by atoms with E-state index in [-0.39, 0.29) is 11.8 Å². The van der Waals surface area contributed by atoms with Crippen LogP contribution in [0.1, 0.15) is 54.9 Å². The highest BCUT2D eigenvalue weighted by molar-refractivity contribution is 5.96. The molecule has 2 aliphatic heterocycles. The zero-order valence-electron chi connectivity index (χ0n) is 15.2. The summed E-state index contributed by atoms with van der Waals surface area (Å²) >= 11 is 0. The SMILES string of the molecule is CC[C@H]1CN(C(=O)c2c(C)noc2C(C)C)C[C@H]1N1CCOCC1. The minimum atomic E-state index is 0.0756. The highest BCUT2D eigenvalue weighted by Crippen LogP contribution is 2.30. The van der Waals surface area contributed by atoms with Gasteiger partial charge in [0.25, 0.3) is 5.91 Å². The molecule has 2 atom stereocenters. The zero-order valence-corrected chi connectivity index (χ0v) is 15.2. The minimum Gasteiger partial charge on any atom is -0.379 e. The average Bonchev–Trinajstić information content (AvgIpc) is 3.18. The van der Waals surface area contributed by atoms with Crippen molar-refractivity contribution in [2.45, 2.75) is 46.1 Å². The van der Waals surface area contributed by atoms with E-state index in [4.69, 9.17) is 9.26 Å². The molecule has 0 N–H and O–H groups in total. The molecule has 0 bridgehead atoms. The Morgan fingerprint density at radius 1 is 1.29 bits per heavy atom. The molecule has 1 aromatic rings. The van der Waals surface area contributed by atoms with E-state index in [1.54, 1.807) is 0 Å². The maximum absolute atomic E-state index is 13.1. The Bertz CT molecular complexity index is 578. The van der Waals surface area contributed by atoms with Gasteiger partial charge in [-0.3, -0.25) is 9.69 Å². The molecule has 2 saturated heterocycles. The van der Waals surface area contributed by atoms with Crippen LogP contribution in [0.15, 0.2) is 4.52 Å². The molecule has 1 aromatic heterocycles. The summed E-state index contributed by atoms with van der Waals surface area (Å²) in [5.41, 5.74) is 1.37. The van der Waals surface area contributed by atoms with Gasteiger partial charge in [0, 0.05) is 38.1 Å². The van der Waals surface area contributed by atoms with Crippen molar-refractivity contribution in [2.24, 2.45) is 5.92 Å². The molecule has 6 nitrogen and oxygen atoms in total. The molecule has 0 aliphatic carbocycles. The number of nitrogens with zero attached hydrogens (tertiary/aromatic N) is 3. The number of hydrogen-bond acceptors (Lipinski definition) is 5. The summed E-state index contributed by atoms with van der Waals surface area (Å²) in [5.74, 6) is 1.46. The monoisotopic (exact) mass is 335 g/mol. The number of amides is 1. The molecular weight excluding hydrogens is 306 g/mol. The van der Waals surface area contributed by atoms with Crippen molar-refractivity contribution >= 4 is 5.91 Å². The number of carbonyl (C=O) groups is 1. The first-order valence-corrected chi connectivity index (χ1v) is 9.10. The Kier molecular flexibility index (Phi) is 5.25. The second kappa shape index (κ2) is 7.23. The lowest BCUT2D eigenvalue weighted by Gasteiger charge is -2.34. The molecule has 0 saturated carbocycles. The molecule has 24 heavy (non-hydrogen) atoms. The Morgan fingerprint density at radius 2 is 2.00 bits per heavy atom. The minimum absolute atomic E-state index is 0.0756. The van der Waals surface area contributed by atoms with Gasteiger partial charge in [-0.15, -0.1) is 0 Å². The summed E-state index contributed by atoms with van der Waals surface area (Å²) in [6.45, 7) is 13.3. The summed E-state index contributed by atoms with van der Waals surface area (Å²) in [7, 11) is 0. The van der Waals surface area contributed by atoms with Gasteiger partial charge in [0.05, 0.1) is 18.9 Å². The van der Waals surface area contributed by atoms with Crippen molar-refractivity contribution in [3.63, 3.8) is 0 Å². The van der Waals surface area contributed by atoms with E-state index in [0.717, 1.165) is 45.8 Å². The average molecular weight is 335 g/mol. The van der Waals surface area contributed by atoms with E-state index in [1.807, 2.05) is 25.7 Å². The van der Waals surface area contributed by atoms with Crippen molar-refractivity contribution in [2.75, 3.05) is 39.4 Å². The smallest absolute Gasteiger partial charge is 0.259 e. The molecule has 6 heteroatoms. The van der Waals surface area contributed by atoms with Crippen molar-refractivity contribution in [3.05, 3.63) is 17.0 Å². The summed E-state index contributed by atoms with van der Waals surface area (Å²) in [5, 5.41) is 4.03. The number of rotatable bonds is 4. The molecule has 0 aromatic carbocycles. The quantitative estimate of drug-likeness (QED) is 0.845.